The van der Waals surface area contributed by atoms with Crippen molar-refractivity contribution in [1.29, 1.82) is 0 Å². The Balaban J connectivity index is 1.78. The monoisotopic (exact) mass is 253 g/mol. The van der Waals surface area contributed by atoms with Gasteiger partial charge in [0.25, 0.3) is 0 Å². The topological polar surface area (TPSA) is 64.7 Å². The lowest BCUT2D eigenvalue weighted by Crippen LogP contribution is -2.56. The first-order valence-corrected chi connectivity index (χ1v) is 6.56. The molecular weight excluding hydrogens is 238 g/mol. The molecule has 3 rings (SSSR count). The van der Waals surface area contributed by atoms with Crippen molar-refractivity contribution in [2.45, 2.75) is 34.7 Å². The van der Waals surface area contributed by atoms with Crippen LogP contribution in [-0.4, -0.2) is 41.5 Å². The molecular formula is C12H15NO3S. The summed E-state index contributed by atoms with van der Waals surface area (Å²) in [6.45, 7) is 0.481. The molecule has 5 unspecified atom stereocenters. The van der Waals surface area contributed by atoms with Crippen molar-refractivity contribution >= 4 is 11.8 Å². The fourth-order valence-electron chi connectivity index (χ4n) is 2.20. The summed E-state index contributed by atoms with van der Waals surface area (Å²) in [7, 11) is 0. The van der Waals surface area contributed by atoms with Gasteiger partial charge in [0, 0.05) is 4.90 Å². The molecule has 2 heterocycles. The Morgan fingerprint density at radius 3 is 2.82 bits per heavy atom. The molecule has 2 fully saturated rings. The largest absolute Gasteiger partial charge is 0.390 e. The highest BCUT2D eigenvalue weighted by molar-refractivity contribution is 8.00. The number of hydrogen-bond acceptors (Lipinski definition) is 5. The van der Waals surface area contributed by atoms with Gasteiger partial charge in [0.05, 0.1) is 24.0 Å². The maximum absolute atomic E-state index is 10.2. The van der Waals surface area contributed by atoms with E-state index < -0.39 is 6.10 Å². The Hall–Kier alpha value is -0.590. The first kappa shape index (κ1) is 11.5. The molecule has 0 aromatic heterocycles. The Morgan fingerprint density at radius 2 is 2.06 bits per heavy atom. The average Bonchev–Trinajstić information content (AvgIpc) is 2.80. The van der Waals surface area contributed by atoms with E-state index in [4.69, 9.17) is 15.2 Å². The van der Waals surface area contributed by atoms with Gasteiger partial charge in [0.2, 0.25) is 0 Å². The molecule has 2 bridgehead atoms. The Labute approximate surface area is 104 Å². The van der Waals surface area contributed by atoms with E-state index in [2.05, 4.69) is 0 Å². The zero-order chi connectivity index (χ0) is 11.8. The lowest BCUT2D eigenvalue weighted by Gasteiger charge is -2.35. The van der Waals surface area contributed by atoms with Gasteiger partial charge in [-0.2, -0.15) is 0 Å². The predicted octanol–water partition coefficient (Wildman–Crippen LogP) is 0.591. The molecule has 0 aliphatic carbocycles. The summed E-state index contributed by atoms with van der Waals surface area (Å²) in [5, 5.41) is 10.0. The van der Waals surface area contributed by atoms with Crippen molar-refractivity contribution in [1.82, 2.24) is 0 Å². The van der Waals surface area contributed by atoms with E-state index in [9.17, 15) is 5.11 Å². The number of aliphatic hydroxyl groups is 1. The Bertz CT molecular complexity index is 389. The van der Waals surface area contributed by atoms with E-state index in [1.54, 1.807) is 11.8 Å². The van der Waals surface area contributed by atoms with Gasteiger partial charge in [-0.05, 0) is 12.1 Å². The molecule has 3 N–H and O–H groups in total. The number of ether oxygens (including phenoxy) is 2. The van der Waals surface area contributed by atoms with Crippen LogP contribution in [0, 0.1) is 0 Å². The first-order valence-electron chi connectivity index (χ1n) is 5.68. The predicted molar refractivity (Wildman–Crippen MR) is 64.7 cm³/mol. The second kappa shape index (κ2) is 4.59. The second-order valence-corrected chi connectivity index (χ2v) is 5.59. The molecule has 5 heteroatoms. The number of thioether (sulfide) groups is 1. The third-order valence-corrected chi connectivity index (χ3v) is 4.50. The van der Waals surface area contributed by atoms with E-state index >= 15 is 0 Å². The van der Waals surface area contributed by atoms with Gasteiger partial charge >= 0.3 is 0 Å². The highest BCUT2D eigenvalue weighted by Gasteiger charge is 2.48. The van der Waals surface area contributed by atoms with E-state index in [1.807, 2.05) is 30.3 Å². The molecule has 92 valence electrons. The molecule has 0 spiro atoms. The molecule has 0 saturated carbocycles. The van der Waals surface area contributed by atoms with Crippen LogP contribution in [0.4, 0.5) is 0 Å². The van der Waals surface area contributed by atoms with Crippen molar-refractivity contribution in [3.63, 3.8) is 0 Å². The Kier molecular flexibility index (Phi) is 3.10. The van der Waals surface area contributed by atoms with Gasteiger partial charge in [-0.1, -0.05) is 18.2 Å². The van der Waals surface area contributed by atoms with Crippen LogP contribution < -0.4 is 5.73 Å². The third-order valence-electron chi connectivity index (χ3n) is 3.18. The van der Waals surface area contributed by atoms with Crippen molar-refractivity contribution in [2.24, 2.45) is 5.73 Å². The van der Waals surface area contributed by atoms with E-state index in [0.29, 0.717) is 6.61 Å². The summed E-state index contributed by atoms with van der Waals surface area (Å²) >= 11 is 1.56. The van der Waals surface area contributed by atoms with Crippen molar-refractivity contribution < 1.29 is 14.6 Å². The second-order valence-electron chi connectivity index (χ2n) is 4.34. The fraction of sp³-hybridized carbons (Fsp3) is 0.500. The summed E-state index contributed by atoms with van der Waals surface area (Å²) in [5.74, 6) is 0. The highest BCUT2D eigenvalue weighted by Crippen LogP contribution is 2.37. The van der Waals surface area contributed by atoms with E-state index in [-0.39, 0.29) is 23.7 Å². The van der Waals surface area contributed by atoms with Gasteiger partial charge in [-0.3, -0.25) is 0 Å². The van der Waals surface area contributed by atoms with Crippen LogP contribution in [0.2, 0.25) is 0 Å². The number of fused-ring (bicyclic) bond motifs is 2. The maximum Gasteiger partial charge on any atom is 0.172 e. The number of hydrogen-bond donors (Lipinski definition) is 2. The van der Waals surface area contributed by atoms with Gasteiger partial charge < -0.3 is 20.3 Å². The molecule has 0 radical (unpaired) electrons. The van der Waals surface area contributed by atoms with Crippen LogP contribution in [0.1, 0.15) is 0 Å². The van der Waals surface area contributed by atoms with E-state index in [1.165, 1.54) is 0 Å². The molecule has 2 aliphatic heterocycles. The first-order chi connectivity index (χ1) is 8.25. The fourth-order valence-corrected chi connectivity index (χ4v) is 3.40. The number of nitrogens with two attached hydrogens (primary N) is 1. The summed E-state index contributed by atoms with van der Waals surface area (Å²) in [5.41, 5.74) is 5.94. The number of benzene rings is 1. The summed E-state index contributed by atoms with van der Waals surface area (Å²) < 4.78 is 11.2. The van der Waals surface area contributed by atoms with Crippen LogP contribution in [-0.2, 0) is 9.47 Å². The van der Waals surface area contributed by atoms with Gasteiger partial charge in [-0.25, -0.2) is 0 Å². The molecule has 17 heavy (non-hydrogen) atoms. The molecule has 2 saturated heterocycles. The van der Waals surface area contributed by atoms with Crippen LogP contribution >= 0.6 is 11.8 Å². The average molecular weight is 253 g/mol. The van der Waals surface area contributed by atoms with Gasteiger partial charge in [-0.15, -0.1) is 11.8 Å². The Morgan fingerprint density at radius 1 is 1.29 bits per heavy atom. The zero-order valence-corrected chi connectivity index (χ0v) is 10.0. The third kappa shape index (κ3) is 2.09. The quantitative estimate of drug-likeness (QED) is 0.807. The van der Waals surface area contributed by atoms with Gasteiger partial charge in [0.15, 0.2) is 6.29 Å². The molecule has 1 aromatic rings. The highest BCUT2D eigenvalue weighted by atomic mass is 32.2. The smallest absolute Gasteiger partial charge is 0.172 e. The molecule has 0 amide bonds. The number of rotatable bonds is 2. The van der Waals surface area contributed by atoms with Gasteiger partial charge in [0.1, 0.15) is 6.10 Å². The van der Waals surface area contributed by atoms with E-state index in [0.717, 1.165) is 4.90 Å². The minimum absolute atomic E-state index is 0.161. The number of aliphatic hydroxyl groups excluding tert-OH is 1. The summed E-state index contributed by atoms with van der Waals surface area (Å²) in [6, 6.07) is 9.54. The van der Waals surface area contributed by atoms with Crippen LogP contribution in [0.5, 0.6) is 0 Å². The van der Waals surface area contributed by atoms with Crippen molar-refractivity contribution in [3.05, 3.63) is 30.3 Å². The van der Waals surface area contributed by atoms with Crippen LogP contribution in [0.15, 0.2) is 35.2 Å². The summed E-state index contributed by atoms with van der Waals surface area (Å²) in [4.78, 5) is 1.08. The minimum Gasteiger partial charge on any atom is -0.390 e. The van der Waals surface area contributed by atoms with Crippen LogP contribution in [0.25, 0.3) is 0 Å². The summed E-state index contributed by atoms with van der Waals surface area (Å²) in [6.07, 6.45) is -1.10. The zero-order valence-electron chi connectivity index (χ0n) is 9.23. The maximum atomic E-state index is 10.2. The normalized spacial score (nSPS) is 40.5. The SMILES string of the molecule is NC1C2COC(O2)C(Sc2ccccc2)C1O. The standard InChI is InChI=1S/C12H15NO3S/c13-9-8-6-15-12(16-8)11(10(9)14)17-7-4-2-1-3-5-7/h1-5,8-12,14H,6,13H2. The lowest BCUT2D eigenvalue weighted by atomic mass is 10.0. The molecule has 2 aliphatic rings. The minimum atomic E-state index is -0.591. The molecule has 1 aromatic carbocycles. The lowest BCUT2D eigenvalue weighted by molar-refractivity contribution is -0.118. The van der Waals surface area contributed by atoms with Crippen molar-refractivity contribution in [3.8, 4) is 0 Å². The van der Waals surface area contributed by atoms with Crippen LogP contribution in [0.3, 0.4) is 0 Å². The van der Waals surface area contributed by atoms with Crippen molar-refractivity contribution in [2.75, 3.05) is 6.61 Å². The molecule has 5 atom stereocenters. The molecule has 4 nitrogen and oxygen atoms in total.